The van der Waals surface area contributed by atoms with Crippen molar-refractivity contribution >= 4 is 17.5 Å². The minimum atomic E-state index is -0.621. The van der Waals surface area contributed by atoms with Gasteiger partial charge in [0.2, 0.25) is 0 Å². The van der Waals surface area contributed by atoms with Crippen LogP contribution in [0.25, 0.3) is 0 Å². The highest BCUT2D eigenvalue weighted by molar-refractivity contribution is 6.31. The Hall–Kier alpha value is -1.21. The maximum Gasteiger partial charge on any atom is 0.254 e. The topological polar surface area (TPSA) is 48.0 Å². The third-order valence-electron chi connectivity index (χ3n) is 3.34. The number of halogens is 2. The summed E-state index contributed by atoms with van der Waals surface area (Å²) < 4.78 is 28.9. The largest absolute Gasteiger partial charge is 0.383 e. The Morgan fingerprint density at radius 3 is 2.95 bits per heavy atom. The zero-order valence-electron chi connectivity index (χ0n) is 12.4. The standard InChI is InChI=1S/C15H19ClFNO4/c1-20-5-4-18(15(19)14-10-21-6-7-22-14)9-11-2-3-12(17)8-13(11)16/h2-3,8,14H,4-7,9-10H2,1H3/t14-/m1/s1. The number of amides is 1. The van der Waals surface area contributed by atoms with E-state index in [0.29, 0.717) is 31.9 Å². The van der Waals surface area contributed by atoms with Gasteiger partial charge in [-0.25, -0.2) is 4.39 Å². The molecule has 0 unspecified atom stereocenters. The maximum absolute atomic E-state index is 13.1. The molecule has 0 spiro atoms. The molecule has 22 heavy (non-hydrogen) atoms. The van der Waals surface area contributed by atoms with Gasteiger partial charge in [0.1, 0.15) is 5.82 Å². The van der Waals surface area contributed by atoms with Crippen LogP contribution in [0.1, 0.15) is 5.56 Å². The van der Waals surface area contributed by atoms with Crippen molar-refractivity contribution < 1.29 is 23.4 Å². The van der Waals surface area contributed by atoms with Crippen molar-refractivity contribution in [1.82, 2.24) is 4.90 Å². The number of methoxy groups -OCH3 is 1. The van der Waals surface area contributed by atoms with E-state index in [2.05, 4.69) is 0 Å². The fourth-order valence-corrected chi connectivity index (χ4v) is 2.39. The first-order valence-corrected chi connectivity index (χ1v) is 7.40. The third-order valence-corrected chi connectivity index (χ3v) is 3.70. The number of nitrogens with zero attached hydrogens (tertiary/aromatic N) is 1. The van der Waals surface area contributed by atoms with Crippen LogP contribution in [0.15, 0.2) is 18.2 Å². The van der Waals surface area contributed by atoms with Gasteiger partial charge < -0.3 is 19.1 Å². The van der Waals surface area contributed by atoms with Crippen LogP contribution < -0.4 is 0 Å². The zero-order valence-corrected chi connectivity index (χ0v) is 13.1. The molecule has 2 rings (SSSR count). The molecule has 1 amide bonds. The van der Waals surface area contributed by atoms with Crippen LogP contribution in [0.3, 0.4) is 0 Å². The van der Waals surface area contributed by atoms with Crippen LogP contribution in [0, 0.1) is 5.82 Å². The number of hydrogen-bond donors (Lipinski definition) is 0. The summed E-state index contributed by atoms with van der Waals surface area (Å²) in [6, 6.07) is 4.12. The predicted octanol–water partition coefficient (Wildman–Crippen LogP) is 1.87. The predicted molar refractivity (Wildman–Crippen MR) is 79.3 cm³/mol. The fraction of sp³-hybridized carbons (Fsp3) is 0.533. The van der Waals surface area contributed by atoms with Crippen molar-refractivity contribution in [1.29, 1.82) is 0 Å². The second-order valence-corrected chi connectivity index (χ2v) is 5.33. The Morgan fingerprint density at radius 1 is 1.50 bits per heavy atom. The van der Waals surface area contributed by atoms with Gasteiger partial charge in [-0.1, -0.05) is 17.7 Å². The SMILES string of the molecule is COCCN(Cc1ccc(F)cc1Cl)C(=O)[C@H]1COCCO1. The minimum absolute atomic E-state index is 0.183. The summed E-state index contributed by atoms with van der Waals surface area (Å²) in [4.78, 5) is 14.1. The monoisotopic (exact) mass is 331 g/mol. The van der Waals surface area contributed by atoms with Gasteiger partial charge in [0, 0.05) is 25.2 Å². The molecule has 0 radical (unpaired) electrons. The molecule has 0 N–H and O–H groups in total. The Kier molecular flexibility index (Phi) is 6.57. The van der Waals surface area contributed by atoms with Crippen molar-refractivity contribution in [2.45, 2.75) is 12.6 Å². The first kappa shape index (κ1) is 17.1. The van der Waals surface area contributed by atoms with E-state index in [-0.39, 0.29) is 24.1 Å². The fourth-order valence-electron chi connectivity index (χ4n) is 2.16. The summed E-state index contributed by atoms with van der Waals surface area (Å²) in [5.74, 6) is -0.593. The lowest BCUT2D eigenvalue weighted by Crippen LogP contribution is -2.46. The van der Waals surface area contributed by atoms with Gasteiger partial charge in [0.25, 0.3) is 5.91 Å². The molecule has 122 valence electrons. The summed E-state index contributed by atoms with van der Waals surface area (Å²) >= 11 is 6.03. The average Bonchev–Trinajstić information content (AvgIpc) is 2.53. The van der Waals surface area contributed by atoms with E-state index in [1.165, 1.54) is 12.1 Å². The van der Waals surface area contributed by atoms with Crippen LogP contribution in [0.4, 0.5) is 4.39 Å². The van der Waals surface area contributed by atoms with E-state index in [4.69, 9.17) is 25.8 Å². The summed E-state index contributed by atoms with van der Waals surface area (Å²) in [6.07, 6.45) is -0.621. The molecule has 1 aliphatic heterocycles. The van der Waals surface area contributed by atoms with E-state index in [1.54, 1.807) is 18.1 Å². The van der Waals surface area contributed by atoms with Gasteiger partial charge in [-0.15, -0.1) is 0 Å². The molecular weight excluding hydrogens is 313 g/mol. The molecule has 1 aromatic carbocycles. The minimum Gasteiger partial charge on any atom is -0.383 e. The Labute approximate surface area is 133 Å². The number of benzene rings is 1. The molecule has 0 bridgehead atoms. The molecular formula is C15H19ClFNO4. The first-order valence-electron chi connectivity index (χ1n) is 7.03. The van der Waals surface area contributed by atoms with Gasteiger partial charge in [-0.05, 0) is 17.7 Å². The second-order valence-electron chi connectivity index (χ2n) is 4.92. The molecule has 1 aromatic rings. The van der Waals surface area contributed by atoms with Crippen LogP contribution >= 0.6 is 11.6 Å². The van der Waals surface area contributed by atoms with E-state index >= 15 is 0 Å². The van der Waals surface area contributed by atoms with E-state index in [1.807, 2.05) is 0 Å². The molecule has 1 heterocycles. The number of carbonyl (C=O) groups is 1. The van der Waals surface area contributed by atoms with E-state index in [9.17, 15) is 9.18 Å². The highest BCUT2D eigenvalue weighted by Crippen LogP contribution is 2.20. The molecule has 1 aliphatic rings. The maximum atomic E-state index is 13.1. The first-order chi connectivity index (χ1) is 10.6. The van der Waals surface area contributed by atoms with Crippen molar-refractivity contribution in [2.75, 3.05) is 40.1 Å². The number of hydrogen-bond acceptors (Lipinski definition) is 4. The van der Waals surface area contributed by atoms with E-state index in [0.717, 1.165) is 0 Å². The van der Waals surface area contributed by atoms with Gasteiger partial charge in [0.15, 0.2) is 6.10 Å². The van der Waals surface area contributed by atoms with Crippen molar-refractivity contribution in [2.24, 2.45) is 0 Å². The van der Waals surface area contributed by atoms with Crippen molar-refractivity contribution in [3.05, 3.63) is 34.6 Å². The van der Waals surface area contributed by atoms with Gasteiger partial charge in [-0.2, -0.15) is 0 Å². The molecule has 5 nitrogen and oxygen atoms in total. The zero-order chi connectivity index (χ0) is 15.9. The Morgan fingerprint density at radius 2 is 2.32 bits per heavy atom. The molecule has 0 aromatic heterocycles. The molecule has 1 atom stereocenters. The normalized spacial score (nSPS) is 18.2. The number of rotatable bonds is 6. The molecule has 0 aliphatic carbocycles. The summed E-state index contributed by atoms with van der Waals surface area (Å²) in [7, 11) is 1.56. The van der Waals surface area contributed by atoms with Gasteiger partial charge in [-0.3, -0.25) is 4.79 Å². The summed E-state index contributed by atoms with van der Waals surface area (Å²) in [5, 5.41) is 0.288. The third kappa shape index (κ3) is 4.64. The van der Waals surface area contributed by atoms with Gasteiger partial charge >= 0.3 is 0 Å². The van der Waals surface area contributed by atoms with Crippen LogP contribution in [-0.2, 0) is 25.5 Å². The number of ether oxygens (including phenoxy) is 3. The smallest absolute Gasteiger partial charge is 0.254 e. The second kappa shape index (κ2) is 8.43. The Bertz CT molecular complexity index is 508. The van der Waals surface area contributed by atoms with Crippen molar-refractivity contribution in [3.63, 3.8) is 0 Å². The lowest BCUT2D eigenvalue weighted by atomic mass is 10.2. The van der Waals surface area contributed by atoms with Crippen LogP contribution in [-0.4, -0.2) is 57.0 Å². The quantitative estimate of drug-likeness (QED) is 0.798. The van der Waals surface area contributed by atoms with E-state index < -0.39 is 11.9 Å². The highest BCUT2D eigenvalue weighted by Gasteiger charge is 2.27. The Balaban J connectivity index is 2.09. The van der Waals surface area contributed by atoms with Crippen LogP contribution in [0.2, 0.25) is 5.02 Å². The average molecular weight is 332 g/mol. The molecule has 1 saturated heterocycles. The molecule has 1 fully saturated rings. The molecule has 0 saturated carbocycles. The van der Waals surface area contributed by atoms with Crippen molar-refractivity contribution in [3.8, 4) is 0 Å². The number of carbonyl (C=O) groups excluding carboxylic acids is 1. The molecule has 7 heteroatoms. The lowest BCUT2D eigenvalue weighted by molar-refractivity contribution is -0.159. The summed E-state index contributed by atoms with van der Waals surface area (Å²) in [6.45, 7) is 2.17. The van der Waals surface area contributed by atoms with Crippen LogP contribution in [0.5, 0.6) is 0 Å². The van der Waals surface area contributed by atoms with Gasteiger partial charge in [0.05, 0.1) is 26.4 Å². The highest BCUT2D eigenvalue weighted by atomic mass is 35.5. The summed E-state index contributed by atoms with van der Waals surface area (Å²) in [5.41, 5.74) is 0.671. The lowest BCUT2D eigenvalue weighted by Gasteiger charge is -2.29.